The molecule has 1 saturated heterocycles. The highest BCUT2D eigenvalue weighted by Crippen LogP contribution is 2.27. The van der Waals surface area contributed by atoms with Gasteiger partial charge in [0.15, 0.2) is 17.3 Å². The first kappa shape index (κ1) is 19.6. The normalized spacial score (nSPS) is 15.0. The molecular formula is C20H21ClFN7. The van der Waals surface area contributed by atoms with Crippen molar-refractivity contribution in [2.75, 3.05) is 13.1 Å². The van der Waals surface area contributed by atoms with Gasteiger partial charge in [-0.3, -0.25) is 0 Å². The van der Waals surface area contributed by atoms with Crippen molar-refractivity contribution in [1.29, 1.82) is 0 Å². The quantitative estimate of drug-likeness (QED) is 0.542. The lowest BCUT2D eigenvalue weighted by Crippen LogP contribution is -2.27. The van der Waals surface area contributed by atoms with E-state index in [1.807, 2.05) is 26.1 Å². The van der Waals surface area contributed by atoms with Crippen molar-refractivity contribution in [2.24, 2.45) is 0 Å². The van der Waals surface area contributed by atoms with E-state index in [9.17, 15) is 4.39 Å². The molecule has 5 rings (SSSR count). The minimum absolute atomic E-state index is 0. The number of hydrogen-bond acceptors (Lipinski definition) is 6. The molecule has 1 aliphatic rings. The lowest BCUT2D eigenvalue weighted by Gasteiger charge is -2.20. The summed E-state index contributed by atoms with van der Waals surface area (Å²) in [5, 5.41) is 16.5. The number of nitrogens with zero attached hydrogens (tertiary/aromatic N) is 6. The van der Waals surface area contributed by atoms with Gasteiger partial charge in [-0.25, -0.2) is 18.9 Å². The summed E-state index contributed by atoms with van der Waals surface area (Å²) in [6, 6.07) is 5.18. The number of nitrogens with one attached hydrogen (secondary N) is 1. The number of hydrogen-bond donors (Lipinski definition) is 1. The van der Waals surface area contributed by atoms with E-state index < -0.39 is 5.82 Å². The number of fused-ring (bicyclic) bond motifs is 2. The van der Waals surface area contributed by atoms with Crippen LogP contribution in [0.4, 0.5) is 4.39 Å². The molecule has 7 nitrogen and oxygen atoms in total. The highest BCUT2D eigenvalue weighted by Gasteiger charge is 2.20. The van der Waals surface area contributed by atoms with Gasteiger partial charge in [0, 0.05) is 11.5 Å². The first-order valence-corrected chi connectivity index (χ1v) is 9.47. The number of aromatic nitrogens is 6. The topological polar surface area (TPSA) is 80.9 Å². The second-order valence-electron chi connectivity index (χ2n) is 7.38. The van der Waals surface area contributed by atoms with E-state index in [1.165, 1.54) is 6.07 Å². The van der Waals surface area contributed by atoms with Crippen molar-refractivity contribution in [2.45, 2.75) is 32.6 Å². The molecule has 4 aromatic rings. The Hall–Kier alpha value is -2.71. The zero-order valence-corrected chi connectivity index (χ0v) is 17.0. The second-order valence-corrected chi connectivity index (χ2v) is 7.38. The summed E-state index contributed by atoms with van der Waals surface area (Å²) in [6.45, 7) is 5.74. The molecule has 0 radical (unpaired) electrons. The monoisotopic (exact) mass is 413 g/mol. The Bertz CT molecular complexity index is 1200. The fourth-order valence-electron chi connectivity index (χ4n) is 3.80. The predicted octanol–water partition coefficient (Wildman–Crippen LogP) is 3.38. The van der Waals surface area contributed by atoms with Crippen molar-refractivity contribution in [3.8, 4) is 11.3 Å². The maximum atomic E-state index is 14.9. The van der Waals surface area contributed by atoms with Gasteiger partial charge >= 0.3 is 0 Å². The fourth-order valence-corrected chi connectivity index (χ4v) is 3.80. The van der Waals surface area contributed by atoms with Crippen LogP contribution in [-0.2, 0) is 0 Å². The lowest BCUT2D eigenvalue weighted by molar-refractivity contribution is 0.442. The van der Waals surface area contributed by atoms with Crippen molar-refractivity contribution >= 4 is 29.1 Å². The molecule has 1 fully saturated rings. The molecule has 0 aliphatic carbocycles. The molecule has 9 heteroatoms. The Kier molecular flexibility index (Phi) is 5.14. The maximum absolute atomic E-state index is 14.9. The molecule has 0 atom stereocenters. The third-order valence-corrected chi connectivity index (χ3v) is 5.26. The van der Waals surface area contributed by atoms with Gasteiger partial charge in [-0.1, -0.05) is 0 Å². The molecule has 1 N–H and O–H groups in total. The average molecular weight is 414 g/mol. The maximum Gasteiger partial charge on any atom is 0.156 e. The van der Waals surface area contributed by atoms with Crippen LogP contribution in [0.5, 0.6) is 0 Å². The first-order valence-electron chi connectivity index (χ1n) is 9.47. The van der Waals surface area contributed by atoms with Crippen molar-refractivity contribution in [3.05, 3.63) is 47.3 Å². The molecule has 1 aliphatic heterocycles. The van der Waals surface area contributed by atoms with Crippen LogP contribution >= 0.6 is 12.4 Å². The van der Waals surface area contributed by atoms with Gasteiger partial charge in [-0.2, -0.15) is 5.10 Å². The van der Waals surface area contributed by atoms with Gasteiger partial charge < -0.3 is 5.32 Å². The Morgan fingerprint density at radius 1 is 1.07 bits per heavy atom. The number of piperidine rings is 1. The van der Waals surface area contributed by atoms with Crippen molar-refractivity contribution < 1.29 is 4.39 Å². The van der Waals surface area contributed by atoms with Gasteiger partial charge in [-0.15, -0.1) is 22.6 Å². The molecular weight excluding hydrogens is 393 g/mol. The summed E-state index contributed by atoms with van der Waals surface area (Å²) in [5.41, 5.74) is 4.68. The van der Waals surface area contributed by atoms with Crippen LogP contribution in [0.1, 0.15) is 35.8 Å². The van der Waals surface area contributed by atoms with E-state index in [1.54, 1.807) is 10.6 Å². The molecule has 1 aromatic carbocycles. The summed E-state index contributed by atoms with van der Waals surface area (Å²) >= 11 is 0. The van der Waals surface area contributed by atoms with Crippen LogP contribution < -0.4 is 5.32 Å². The van der Waals surface area contributed by atoms with Gasteiger partial charge in [0.2, 0.25) is 0 Å². The Morgan fingerprint density at radius 2 is 1.86 bits per heavy atom. The number of halogens is 2. The second kappa shape index (κ2) is 7.61. The molecule has 0 spiro atoms. The smallest absolute Gasteiger partial charge is 0.156 e. The van der Waals surface area contributed by atoms with Gasteiger partial charge in [-0.05, 0) is 63.5 Å². The largest absolute Gasteiger partial charge is 0.317 e. The zero-order valence-electron chi connectivity index (χ0n) is 16.2. The van der Waals surface area contributed by atoms with Crippen LogP contribution in [0.25, 0.3) is 27.9 Å². The van der Waals surface area contributed by atoms with E-state index >= 15 is 0 Å². The summed E-state index contributed by atoms with van der Waals surface area (Å²) in [4.78, 5) is 8.95. The van der Waals surface area contributed by atoms with Gasteiger partial charge in [0.25, 0.3) is 0 Å². The third-order valence-electron chi connectivity index (χ3n) is 5.26. The molecule has 3 aromatic heterocycles. The molecule has 0 unspecified atom stereocenters. The minimum atomic E-state index is -0.404. The van der Waals surface area contributed by atoms with Crippen LogP contribution in [-0.4, -0.2) is 42.9 Å². The summed E-state index contributed by atoms with van der Waals surface area (Å²) in [5.74, 6) is 0.456. The lowest BCUT2D eigenvalue weighted by atomic mass is 9.97. The van der Waals surface area contributed by atoms with E-state index in [2.05, 4.69) is 30.6 Å². The summed E-state index contributed by atoms with van der Waals surface area (Å²) in [7, 11) is 0. The molecule has 0 amide bonds. The number of aryl methyl sites for hydroxylation is 2. The molecule has 150 valence electrons. The highest BCUT2D eigenvalue weighted by atomic mass is 35.5. The van der Waals surface area contributed by atoms with Crippen LogP contribution in [0.2, 0.25) is 0 Å². The first-order chi connectivity index (χ1) is 13.6. The zero-order chi connectivity index (χ0) is 19.3. The van der Waals surface area contributed by atoms with E-state index in [0.717, 1.165) is 42.8 Å². The molecule has 0 saturated carbocycles. The molecule has 0 bridgehead atoms. The predicted molar refractivity (Wildman–Crippen MR) is 111 cm³/mol. The van der Waals surface area contributed by atoms with Gasteiger partial charge in [0.1, 0.15) is 11.0 Å². The average Bonchev–Trinajstić information content (AvgIpc) is 3.09. The Labute approximate surface area is 173 Å². The number of rotatable bonds is 2. The van der Waals surface area contributed by atoms with Gasteiger partial charge in [0.05, 0.1) is 17.6 Å². The minimum Gasteiger partial charge on any atom is -0.317 e. The van der Waals surface area contributed by atoms with Crippen LogP contribution in [0.15, 0.2) is 24.4 Å². The van der Waals surface area contributed by atoms with Crippen molar-refractivity contribution in [3.63, 3.8) is 0 Å². The number of imidazole rings is 1. The fraction of sp³-hybridized carbons (Fsp3) is 0.350. The SMILES string of the molecule is Cc1cn2nc(-c3cc(F)c4nc(C5CCNCC5)nnc4c3)cc(C)c2n1.Cl. The van der Waals surface area contributed by atoms with Crippen LogP contribution in [0.3, 0.4) is 0 Å². The number of benzene rings is 1. The third kappa shape index (κ3) is 3.54. The Balaban J connectivity index is 0.00000205. The van der Waals surface area contributed by atoms with E-state index in [0.29, 0.717) is 22.6 Å². The van der Waals surface area contributed by atoms with Crippen molar-refractivity contribution in [1.82, 2.24) is 35.1 Å². The standard InChI is InChI=1S/C20H20FN7.ClH/c1-11-7-16(27-28-10-12(2)23-20(11)28)14-8-15(21)18-17(9-14)25-26-19(24-18)13-3-5-22-6-4-13;/h7-10,13,22H,3-6H2,1-2H3;1H. The highest BCUT2D eigenvalue weighted by molar-refractivity contribution is 5.85. The van der Waals surface area contributed by atoms with Crippen LogP contribution in [0, 0.1) is 19.7 Å². The van der Waals surface area contributed by atoms with E-state index in [-0.39, 0.29) is 23.8 Å². The Morgan fingerprint density at radius 3 is 2.66 bits per heavy atom. The summed E-state index contributed by atoms with van der Waals surface area (Å²) < 4.78 is 16.6. The summed E-state index contributed by atoms with van der Waals surface area (Å²) in [6.07, 6.45) is 3.75. The molecule has 29 heavy (non-hydrogen) atoms. The van der Waals surface area contributed by atoms with E-state index in [4.69, 9.17) is 0 Å². The molecule has 4 heterocycles.